The molecule has 0 unspecified atom stereocenters. The zero-order chi connectivity index (χ0) is 14.5. The lowest BCUT2D eigenvalue weighted by Gasteiger charge is -2.03. The maximum absolute atomic E-state index is 13.6. The molecule has 108 valence electrons. The van der Waals surface area contributed by atoms with Gasteiger partial charge < -0.3 is 14.8 Å². The lowest BCUT2D eigenvalue weighted by molar-refractivity contribution is 0.0926. The Kier molecular flexibility index (Phi) is 4.74. The van der Waals surface area contributed by atoms with Gasteiger partial charge in [0.05, 0.1) is 0 Å². The Labute approximate surface area is 116 Å². The zero-order valence-corrected chi connectivity index (χ0v) is 11.4. The molecule has 0 bridgehead atoms. The number of para-hydroxylation sites is 1. The molecular weight excluding hydrogens is 261 g/mol. The summed E-state index contributed by atoms with van der Waals surface area (Å²) in [5.41, 5.74) is 0.766. The van der Waals surface area contributed by atoms with Crippen LogP contribution in [0, 0.1) is 12.7 Å². The third kappa shape index (κ3) is 2.99. The molecule has 1 aromatic carbocycles. The molecule has 2 aromatic rings. The first kappa shape index (κ1) is 14.5. The number of aliphatic hydroxyl groups excluding tert-OH is 1. The SMILES string of the molecule is Cc1c(C(=O)NCCCCCO)oc2c(F)cccc12. The number of nitrogens with one attached hydrogen (secondary N) is 1. The molecule has 0 aliphatic carbocycles. The van der Waals surface area contributed by atoms with Gasteiger partial charge in [0.1, 0.15) is 0 Å². The van der Waals surface area contributed by atoms with Gasteiger partial charge in [0.25, 0.3) is 5.91 Å². The molecule has 1 heterocycles. The normalized spacial score (nSPS) is 10.9. The van der Waals surface area contributed by atoms with Crippen LogP contribution >= 0.6 is 0 Å². The number of carbonyl (C=O) groups is 1. The van der Waals surface area contributed by atoms with Crippen molar-refractivity contribution in [3.8, 4) is 0 Å². The van der Waals surface area contributed by atoms with Gasteiger partial charge >= 0.3 is 0 Å². The maximum atomic E-state index is 13.6. The number of benzene rings is 1. The Morgan fingerprint density at radius 1 is 1.35 bits per heavy atom. The van der Waals surface area contributed by atoms with Crippen LogP contribution in [0.2, 0.25) is 0 Å². The van der Waals surface area contributed by atoms with Crippen molar-refractivity contribution in [2.45, 2.75) is 26.2 Å². The summed E-state index contributed by atoms with van der Waals surface area (Å²) in [5.74, 6) is -0.637. The van der Waals surface area contributed by atoms with Crippen LogP contribution in [0.25, 0.3) is 11.0 Å². The lowest BCUT2D eigenvalue weighted by atomic mass is 10.1. The summed E-state index contributed by atoms with van der Waals surface area (Å²) in [6.45, 7) is 2.42. The van der Waals surface area contributed by atoms with Crippen molar-refractivity contribution in [1.82, 2.24) is 5.32 Å². The standard InChI is InChI=1S/C15H18FNO3/c1-10-11-6-5-7-12(16)14(11)20-13(10)15(19)17-8-3-2-4-9-18/h5-7,18H,2-4,8-9H2,1H3,(H,17,19). The second-order valence-corrected chi connectivity index (χ2v) is 4.71. The number of hydrogen-bond donors (Lipinski definition) is 2. The van der Waals surface area contributed by atoms with Crippen LogP contribution in [0.1, 0.15) is 35.4 Å². The predicted octanol–water partition coefficient (Wildman–Crippen LogP) is 2.77. The van der Waals surface area contributed by atoms with Crippen LogP contribution in [0.15, 0.2) is 22.6 Å². The highest BCUT2D eigenvalue weighted by molar-refractivity contribution is 5.98. The maximum Gasteiger partial charge on any atom is 0.287 e. The van der Waals surface area contributed by atoms with Gasteiger partial charge in [-0.3, -0.25) is 4.79 Å². The van der Waals surface area contributed by atoms with Crippen molar-refractivity contribution in [3.05, 3.63) is 35.3 Å². The molecule has 0 aliphatic rings. The molecule has 0 aliphatic heterocycles. The summed E-state index contributed by atoms with van der Waals surface area (Å²) in [5, 5.41) is 12.0. The van der Waals surface area contributed by atoms with Crippen LogP contribution < -0.4 is 5.32 Å². The van der Waals surface area contributed by atoms with Crippen molar-refractivity contribution < 1.29 is 18.7 Å². The fourth-order valence-electron chi connectivity index (χ4n) is 2.12. The largest absolute Gasteiger partial charge is 0.448 e. The second-order valence-electron chi connectivity index (χ2n) is 4.71. The Bertz CT molecular complexity index is 606. The average Bonchev–Trinajstić information content (AvgIpc) is 2.78. The Morgan fingerprint density at radius 2 is 2.15 bits per heavy atom. The fraction of sp³-hybridized carbons (Fsp3) is 0.400. The molecular formula is C15H18FNO3. The van der Waals surface area contributed by atoms with Crippen LogP contribution in [0.5, 0.6) is 0 Å². The first-order valence-corrected chi connectivity index (χ1v) is 6.72. The van der Waals surface area contributed by atoms with E-state index in [1.165, 1.54) is 6.07 Å². The molecule has 2 N–H and O–H groups in total. The van der Waals surface area contributed by atoms with Crippen molar-refractivity contribution >= 4 is 16.9 Å². The first-order valence-electron chi connectivity index (χ1n) is 6.72. The van der Waals surface area contributed by atoms with E-state index in [2.05, 4.69) is 5.32 Å². The average molecular weight is 279 g/mol. The van der Waals surface area contributed by atoms with Crippen molar-refractivity contribution in [1.29, 1.82) is 0 Å². The number of hydrogen-bond acceptors (Lipinski definition) is 3. The summed E-state index contributed by atoms with van der Waals surface area (Å²) in [6.07, 6.45) is 2.37. The Morgan fingerprint density at radius 3 is 2.85 bits per heavy atom. The zero-order valence-electron chi connectivity index (χ0n) is 11.4. The summed E-state index contributed by atoms with van der Waals surface area (Å²) >= 11 is 0. The smallest absolute Gasteiger partial charge is 0.287 e. The number of carbonyl (C=O) groups excluding carboxylic acids is 1. The highest BCUT2D eigenvalue weighted by atomic mass is 19.1. The molecule has 0 fully saturated rings. The number of amides is 1. The minimum atomic E-state index is -0.465. The topological polar surface area (TPSA) is 62.5 Å². The van der Waals surface area contributed by atoms with Gasteiger partial charge in [-0.15, -0.1) is 0 Å². The van der Waals surface area contributed by atoms with Crippen molar-refractivity contribution in [2.75, 3.05) is 13.2 Å². The Balaban J connectivity index is 2.07. The number of aryl methyl sites for hydroxylation is 1. The van der Waals surface area contributed by atoms with Crippen molar-refractivity contribution in [2.24, 2.45) is 0 Å². The molecule has 0 saturated carbocycles. The number of halogens is 1. The number of aliphatic hydroxyl groups is 1. The molecule has 2 rings (SSSR count). The lowest BCUT2D eigenvalue weighted by Crippen LogP contribution is -2.24. The van der Waals surface area contributed by atoms with E-state index >= 15 is 0 Å². The van der Waals surface area contributed by atoms with E-state index in [-0.39, 0.29) is 23.9 Å². The van der Waals surface area contributed by atoms with Gasteiger partial charge in [0.15, 0.2) is 17.2 Å². The van der Waals surface area contributed by atoms with E-state index in [9.17, 15) is 9.18 Å². The van der Waals surface area contributed by atoms with E-state index < -0.39 is 5.82 Å². The molecule has 0 radical (unpaired) electrons. The third-order valence-corrected chi connectivity index (χ3v) is 3.24. The molecule has 5 heteroatoms. The number of furan rings is 1. The molecule has 1 aromatic heterocycles. The van der Waals surface area contributed by atoms with Gasteiger partial charge in [0.2, 0.25) is 0 Å². The summed E-state index contributed by atoms with van der Waals surface area (Å²) in [6, 6.07) is 4.63. The quantitative estimate of drug-likeness (QED) is 0.799. The second kappa shape index (κ2) is 6.52. The van der Waals surface area contributed by atoms with Gasteiger partial charge in [-0.1, -0.05) is 12.1 Å². The fourth-order valence-corrected chi connectivity index (χ4v) is 2.12. The number of unbranched alkanes of at least 4 members (excludes halogenated alkanes) is 2. The highest BCUT2D eigenvalue weighted by Gasteiger charge is 2.18. The molecule has 0 saturated heterocycles. The number of rotatable bonds is 6. The van der Waals surface area contributed by atoms with Crippen LogP contribution in [0.3, 0.4) is 0 Å². The number of fused-ring (bicyclic) bond motifs is 1. The monoisotopic (exact) mass is 279 g/mol. The summed E-state index contributed by atoms with van der Waals surface area (Å²) in [7, 11) is 0. The molecule has 1 amide bonds. The third-order valence-electron chi connectivity index (χ3n) is 3.24. The van der Waals surface area contributed by atoms with Gasteiger partial charge in [-0.25, -0.2) is 4.39 Å². The minimum absolute atomic E-state index is 0.121. The predicted molar refractivity (Wildman–Crippen MR) is 74.2 cm³/mol. The van der Waals surface area contributed by atoms with Crippen LogP contribution in [0.4, 0.5) is 4.39 Å². The molecule has 4 nitrogen and oxygen atoms in total. The van der Waals surface area contributed by atoms with Crippen LogP contribution in [-0.2, 0) is 0 Å². The van der Waals surface area contributed by atoms with E-state index in [0.717, 1.165) is 19.3 Å². The van der Waals surface area contributed by atoms with Gasteiger partial charge in [-0.2, -0.15) is 0 Å². The first-order chi connectivity index (χ1) is 9.65. The van der Waals surface area contributed by atoms with E-state index in [4.69, 9.17) is 9.52 Å². The van der Waals surface area contributed by atoms with Crippen LogP contribution in [-0.4, -0.2) is 24.2 Å². The summed E-state index contributed by atoms with van der Waals surface area (Å²) in [4.78, 5) is 12.0. The van der Waals surface area contributed by atoms with E-state index in [1.54, 1.807) is 19.1 Å². The van der Waals surface area contributed by atoms with E-state index in [0.29, 0.717) is 17.5 Å². The van der Waals surface area contributed by atoms with E-state index in [1.807, 2.05) is 0 Å². The Hall–Kier alpha value is -1.88. The summed E-state index contributed by atoms with van der Waals surface area (Å²) < 4.78 is 18.9. The van der Waals surface area contributed by atoms with Gasteiger partial charge in [-0.05, 0) is 32.3 Å². The minimum Gasteiger partial charge on any atom is -0.448 e. The molecule has 0 spiro atoms. The van der Waals surface area contributed by atoms with Gasteiger partial charge in [0, 0.05) is 24.1 Å². The van der Waals surface area contributed by atoms with Crippen molar-refractivity contribution in [3.63, 3.8) is 0 Å². The molecule has 20 heavy (non-hydrogen) atoms. The molecule has 0 atom stereocenters. The highest BCUT2D eigenvalue weighted by Crippen LogP contribution is 2.27.